The summed E-state index contributed by atoms with van der Waals surface area (Å²) in [5, 5.41) is 0.539. The molecule has 1 aromatic heterocycles. The maximum atomic E-state index is 6.04. The third-order valence-electron chi connectivity index (χ3n) is 2.31. The number of halogens is 1. The van der Waals surface area contributed by atoms with Gasteiger partial charge in [0.25, 0.3) is 0 Å². The van der Waals surface area contributed by atoms with E-state index in [0.29, 0.717) is 22.3 Å². The Labute approximate surface area is 105 Å². The van der Waals surface area contributed by atoms with Gasteiger partial charge in [0.1, 0.15) is 5.75 Å². The molecule has 0 saturated carbocycles. The number of pyridine rings is 1. The van der Waals surface area contributed by atoms with Crippen LogP contribution in [-0.4, -0.2) is 4.98 Å². The van der Waals surface area contributed by atoms with Gasteiger partial charge >= 0.3 is 0 Å². The first-order valence-electron chi connectivity index (χ1n) is 5.22. The smallest absolute Gasteiger partial charge is 0.242 e. The highest BCUT2D eigenvalue weighted by Crippen LogP contribution is 2.31. The number of benzene rings is 1. The zero-order valence-corrected chi connectivity index (χ0v) is 10.5. The van der Waals surface area contributed by atoms with Crippen molar-refractivity contribution in [2.24, 2.45) is 0 Å². The molecule has 0 unspecified atom stereocenters. The lowest BCUT2D eigenvalue weighted by molar-refractivity contribution is 0.465. The molecule has 0 atom stereocenters. The zero-order valence-electron chi connectivity index (χ0n) is 9.70. The number of aromatic nitrogens is 1. The number of aryl methyl sites for hydroxylation is 2. The second-order valence-electron chi connectivity index (χ2n) is 3.94. The number of nitrogen functional groups attached to an aromatic ring is 1. The van der Waals surface area contributed by atoms with E-state index in [1.54, 1.807) is 12.3 Å². The quantitative estimate of drug-likeness (QED) is 0.881. The largest absolute Gasteiger partial charge is 0.435 e. The minimum absolute atomic E-state index is 0.378. The monoisotopic (exact) mass is 248 g/mol. The van der Waals surface area contributed by atoms with E-state index >= 15 is 0 Å². The summed E-state index contributed by atoms with van der Waals surface area (Å²) in [5.74, 6) is 0.942. The lowest BCUT2D eigenvalue weighted by atomic mass is 10.2. The molecule has 1 heterocycles. The molecule has 88 valence electrons. The lowest BCUT2D eigenvalue weighted by Crippen LogP contribution is -1.96. The molecule has 0 fully saturated rings. The molecule has 0 saturated heterocycles. The second-order valence-corrected chi connectivity index (χ2v) is 4.35. The van der Waals surface area contributed by atoms with E-state index in [9.17, 15) is 0 Å². The molecule has 0 bridgehead atoms. The maximum absolute atomic E-state index is 6.04. The Morgan fingerprint density at radius 3 is 2.65 bits per heavy atom. The van der Waals surface area contributed by atoms with Gasteiger partial charge in [-0.15, -0.1) is 0 Å². The van der Waals surface area contributed by atoms with E-state index in [4.69, 9.17) is 22.1 Å². The molecular formula is C13H13ClN2O. The predicted molar refractivity (Wildman–Crippen MR) is 69.6 cm³/mol. The number of nitrogens with two attached hydrogens (primary N) is 1. The summed E-state index contributed by atoms with van der Waals surface area (Å²) >= 11 is 6.04. The number of ether oxygens (including phenoxy) is 1. The standard InChI is InChI=1S/C13H13ClN2O/c1-8-3-4-10(14)12(6-8)17-13-11(15)5-9(2)7-16-13/h3-7H,15H2,1-2H3. The molecule has 17 heavy (non-hydrogen) atoms. The highest BCUT2D eigenvalue weighted by Gasteiger charge is 2.07. The maximum Gasteiger partial charge on any atom is 0.242 e. The lowest BCUT2D eigenvalue weighted by Gasteiger charge is -2.09. The first kappa shape index (κ1) is 11.7. The Bertz CT molecular complexity index is 555. The Kier molecular flexibility index (Phi) is 3.20. The summed E-state index contributed by atoms with van der Waals surface area (Å²) in [4.78, 5) is 4.14. The highest BCUT2D eigenvalue weighted by molar-refractivity contribution is 6.32. The van der Waals surface area contributed by atoms with Crippen LogP contribution in [0.4, 0.5) is 5.69 Å². The van der Waals surface area contributed by atoms with Crippen molar-refractivity contribution in [1.29, 1.82) is 0 Å². The first-order chi connectivity index (χ1) is 8.06. The molecule has 0 radical (unpaired) electrons. The summed E-state index contributed by atoms with van der Waals surface area (Å²) in [7, 11) is 0. The van der Waals surface area contributed by atoms with Gasteiger partial charge in [-0.1, -0.05) is 17.7 Å². The van der Waals surface area contributed by atoms with Crippen molar-refractivity contribution in [1.82, 2.24) is 4.98 Å². The van der Waals surface area contributed by atoms with E-state index < -0.39 is 0 Å². The number of nitrogens with zero attached hydrogens (tertiary/aromatic N) is 1. The zero-order chi connectivity index (χ0) is 12.4. The fourth-order valence-electron chi connectivity index (χ4n) is 1.46. The van der Waals surface area contributed by atoms with E-state index in [2.05, 4.69) is 4.98 Å². The molecule has 0 spiro atoms. The average Bonchev–Trinajstić information content (AvgIpc) is 2.27. The molecule has 0 amide bonds. The van der Waals surface area contributed by atoms with Crippen molar-refractivity contribution in [2.75, 3.05) is 5.73 Å². The molecule has 0 aliphatic heterocycles. The van der Waals surface area contributed by atoms with Crippen molar-refractivity contribution >= 4 is 17.3 Å². The molecule has 2 N–H and O–H groups in total. The molecule has 1 aromatic carbocycles. The summed E-state index contributed by atoms with van der Waals surface area (Å²) in [6.45, 7) is 3.89. The normalized spacial score (nSPS) is 10.3. The van der Waals surface area contributed by atoms with Gasteiger partial charge in [-0.25, -0.2) is 4.98 Å². The van der Waals surface area contributed by atoms with Crippen molar-refractivity contribution in [3.8, 4) is 11.6 Å². The van der Waals surface area contributed by atoms with Crippen LogP contribution < -0.4 is 10.5 Å². The third-order valence-corrected chi connectivity index (χ3v) is 2.62. The topological polar surface area (TPSA) is 48.1 Å². The van der Waals surface area contributed by atoms with Crippen molar-refractivity contribution in [3.05, 3.63) is 46.6 Å². The van der Waals surface area contributed by atoms with Crippen LogP contribution in [0.2, 0.25) is 5.02 Å². The Morgan fingerprint density at radius 1 is 1.18 bits per heavy atom. The van der Waals surface area contributed by atoms with Gasteiger partial charge in [-0.05, 0) is 43.2 Å². The van der Waals surface area contributed by atoms with Crippen molar-refractivity contribution < 1.29 is 4.74 Å². The highest BCUT2D eigenvalue weighted by atomic mass is 35.5. The number of rotatable bonds is 2. The summed E-state index contributed by atoms with van der Waals surface area (Å²) in [5.41, 5.74) is 8.38. The molecular weight excluding hydrogens is 236 g/mol. The van der Waals surface area contributed by atoms with E-state index in [1.165, 1.54) is 0 Å². The van der Waals surface area contributed by atoms with Crippen LogP contribution in [0.25, 0.3) is 0 Å². The van der Waals surface area contributed by atoms with Crippen LogP contribution in [0, 0.1) is 13.8 Å². The first-order valence-corrected chi connectivity index (χ1v) is 5.60. The molecule has 3 nitrogen and oxygen atoms in total. The summed E-state index contributed by atoms with van der Waals surface area (Å²) in [6, 6.07) is 7.37. The minimum atomic E-state index is 0.378. The predicted octanol–water partition coefficient (Wildman–Crippen LogP) is 3.73. The fraction of sp³-hybridized carbons (Fsp3) is 0.154. The third kappa shape index (κ3) is 2.68. The van der Waals surface area contributed by atoms with Gasteiger partial charge in [0, 0.05) is 6.20 Å². The molecule has 2 aromatic rings. The number of hydrogen-bond donors (Lipinski definition) is 1. The van der Waals surface area contributed by atoms with Crippen LogP contribution in [0.3, 0.4) is 0 Å². The van der Waals surface area contributed by atoms with E-state index in [1.807, 2.05) is 32.0 Å². The van der Waals surface area contributed by atoms with Crippen molar-refractivity contribution in [2.45, 2.75) is 13.8 Å². The minimum Gasteiger partial charge on any atom is -0.435 e. The van der Waals surface area contributed by atoms with Crippen LogP contribution >= 0.6 is 11.6 Å². The van der Waals surface area contributed by atoms with Gasteiger partial charge < -0.3 is 10.5 Å². The number of hydrogen-bond acceptors (Lipinski definition) is 3. The Morgan fingerprint density at radius 2 is 1.94 bits per heavy atom. The summed E-state index contributed by atoms with van der Waals surface area (Å²) < 4.78 is 5.61. The van der Waals surface area contributed by atoms with Crippen molar-refractivity contribution in [3.63, 3.8) is 0 Å². The molecule has 0 aliphatic carbocycles. The molecule has 0 aliphatic rings. The molecule has 4 heteroatoms. The van der Waals surface area contributed by atoms with Crippen LogP contribution in [-0.2, 0) is 0 Å². The van der Waals surface area contributed by atoms with Gasteiger partial charge in [0.15, 0.2) is 0 Å². The number of anilines is 1. The van der Waals surface area contributed by atoms with Gasteiger partial charge in [-0.3, -0.25) is 0 Å². The van der Waals surface area contributed by atoms with Gasteiger partial charge in [-0.2, -0.15) is 0 Å². The van der Waals surface area contributed by atoms with Crippen LogP contribution in [0.5, 0.6) is 11.6 Å². The summed E-state index contributed by atoms with van der Waals surface area (Å²) in [6.07, 6.45) is 1.70. The van der Waals surface area contributed by atoms with Crippen LogP contribution in [0.1, 0.15) is 11.1 Å². The second kappa shape index (κ2) is 4.63. The average molecular weight is 249 g/mol. The van der Waals surface area contributed by atoms with E-state index in [0.717, 1.165) is 11.1 Å². The Balaban J connectivity index is 2.34. The Hall–Kier alpha value is -1.74. The van der Waals surface area contributed by atoms with E-state index in [-0.39, 0.29) is 0 Å². The van der Waals surface area contributed by atoms with Gasteiger partial charge in [0.05, 0.1) is 10.7 Å². The SMILES string of the molecule is Cc1cnc(Oc2cc(C)ccc2Cl)c(N)c1. The van der Waals surface area contributed by atoms with Crippen LogP contribution in [0.15, 0.2) is 30.5 Å². The molecule has 2 rings (SSSR count). The van der Waals surface area contributed by atoms with Gasteiger partial charge in [0.2, 0.25) is 5.88 Å². The fourth-order valence-corrected chi connectivity index (χ4v) is 1.61.